The Hall–Kier alpha value is -2.77. The van der Waals surface area contributed by atoms with E-state index in [4.69, 9.17) is 11.6 Å². The molecule has 1 nitrogen and oxygen atoms in total. The van der Waals surface area contributed by atoms with E-state index < -0.39 is 0 Å². The summed E-state index contributed by atoms with van der Waals surface area (Å²) in [5.74, 6) is 0. The quantitative estimate of drug-likeness (QED) is 0.350. The average Bonchev–Trinajstić information content (AvgIpc) is 3.03. The smallest absolute Gasteiger partial charge is 0.0471 e. The SMILES string of the molecule is Cc1cc(Cl)ccc1Cc1cccc2c1ccc1[nH]c3ccccc3c12. The number of hydrogen-bond donors (Lipinski definition) is 1. The normalized spacial score (nSPS) is 11.6. The number of H-pyrrole nitrogens is 1. The zero-order valence-electron chi connectivity index (χ0n) is 14.5. The highest BCUT2D eigenvalue weighted by atomic mass is 35.5. The van der Waals surface area contributed by atoms with Crippen molar-refractivity contribution in [2.24, 2.45) is 0 Å². The Morgan fingerprint density at radius 3 is 2.46 bits per heavy atom. The molecule has 0 radical (unpaired) electrons. The van der Waals surface area contributed by atoms with E-state index in [-0.39, 0.29) is 0 Å². The van der Waals surface area contributed by atoms with Gasteiger partial charge >= 0.3 is 0 Å². The summed E-state index contributed by atoms with van der Waals surface area (Å²) in [5.41, 5.74) is 6.29. The zero-order chi connectivity index (χ0) is 17.7. The number of halogens is 1. The van der Waals surface area contributed by atoms with Gasteiger partial charge in [-0.25, -0.2) is 0 Å². The highest BCUT2D eigenvalue weighted by Crippen LogP contribution is 2.34. The van der Waals surface area contributed by atoms with Gasteiger partial charge in [-0.05, 0) is 65.1 Å². The maximum atomic E-state index is 6.12. The van der Waals surface area contributed by atoms with E-state index in [1.807, 2.05) is 12.1 Å². The Kier molecular flexibility index (Phi) is 3.51. The van der Waals surface area contributed by atoms with Crippen LogP contribution in [-0.4, -0.2) is 4.98 Å². The molecule has 5 rings (SSSR count). The molecule has 0 saturated carbocycles. The first-order valence-corrected chi connectivity index (χ1v) is 9.24. The second-order valence-corrected chi connectivity index (χ2v) is 7.35. The van der Waals surface area contributed by atoms with Crippen LogP contribution in [0.2, 0.25) is 5.02 Å². The largest absolute Gasteiger partial charge is 0.354 e. The van der Waals surface area contributed by atoms with Gasteiger partial charge < -0.3 is 4.98 Å². The van der Waals surface area contributed by atoms with Crippen molar-refractivity contribution in [3.05, 3.63) is 94.5 Å². The van der Waals surface area contributed by atoms with Crippen LogP contribution in [-0.2, 0) is 6.42 Å². The van der Waals surface area contributed by atoms with E-state index in [0.717, 1.165) is 11.4 Å². The highest BCUT2D eigenvalue weighted by Gasteiger charge is 2.11. The molecule has 26 heavy (non-hydrogen) atoms. The Morgan fingerprint density at radius 1 is 0.731 bits per heavy atom. The fourth-order valence-electron chi connectivity index (χ4n) is 3.99. The minimum Gasteiger partial charge on any atom is -0.354 e. The third-order valence-electron chi connectivity index (χ3n) is 5.30. The van der Waals surface area contributed by atoms with Crippen LogP contribution in [0.15, 0.2) is 72.8 Å². The molecule has 5 aromatic rings. The minimum atomic E-state index is 0.796. The summed E-state index contributed by atoms with van der Waals surface area (Å²) in [4.78, 5) is 3.54. The van der Waals surface area contributed by atoms with Crippen molar-refractivity contribution in [2.75, 3.05) is 0 Å². The molecule has 126 valence electrons. The second-order valence-electron chi connectivity index (χ2n) is 6.92. The minimum absolute atomic E-state index is 0.796. The molecule has 0 atom stereocenters. The number of nitrogens with one attached hydrogen (secondary N) is 1. The number of aromatic amines is 1. The predicted molar refractivity (Wildman–Crippen MR) is 112 cm³/mol. The van der Waals surface area contributed by atoms with Crippen molar-refractivity contribution < 1.29 is 0 Å². The summed E-state index contributed by atoms with van der Waals surface area (Å²) in [6, 6.07) is 25.8. The van der Waals surface area contributed by atoms with E-state index in [1.165, 1.54) is 49.3 Å². The molecule has 0 aliphatic carbocycles. The molecule has 0 aliphatic rings. The van der Waals surface area contributed by atoms with Crippen LogP contribution in [0.3, 0.4) is 0 Å². The number of benzene rings is 4. The van der Waals surface area contributed by atoms with Gasteiger partial charge in [0.1, 0.15) is 0 Å². The fraction of sp³-hybridized carbons (Fsp3) is 0.0833. The van der Waals surface area contributed by atoms with Crippen molar-refractivity contribution >= 4 is 44.2 Å². The summed E-state index contributed by atoms with van der Waals surface area (Å²) in [6.45, 7) is 2.13. The van der Waals surface area contributed by atoms with Gasteiger partial charge in [0, 0.05) is 26.8 Å². The molecule has 0 fully saturated rings. The van der Waals surface area contributed by atoms with Crippen LogP contribution in [0.1, 0.15) is 16.7 Å². The molecule has 1 heterocycles. The molecule has 0 spiro atoms. The summed E-state index contributed by atoms with van der Waals surface area (Å²) in [5, 5.41) is 6.02. The van der Waals surface area contributed by atoms with E-state index in [1.54, 1.807) is 0 Å². The molecule has 1 N–H and O–H groups in total. The van der Waals surface area contributed by atoms with Crippen LogP contribution in [0.4, 0.5) is 0 Å². The van der Waals surface area contributed by atoms with E-state index in [9.17, 15) is 0 Å². The molecule has 4 aromatic carbocycles. The lowest BCUT2D eigenvalue weighted by Crippen LogP contribution is -1.93. The third kappa shape index (κ3) is 2.40. The molecule has 0 amide bonds. The fourth-order valence-corrected chi connectivity index (χ4v) is 4.22. The molecule has 2 heteroatoms. The van der Waals surface area contributed by atoms with E-state index >= 15 is 0 Å². The van der Waals surface area contributed by atoms with Gasteiger partial charge in [-0.2, -0.15) is 0 Å². The lowest BCUT2D eigenvalue weighted by molar-refractivity contribution is 1.17. The van der Waals surface area contributed by atoms with Gasteiger partial charge in [-0.1, -0.05) is 60.1 Å². The maximum Gasteiger partial charge on any atom is 0.0471 e. The number of aromatic nitrogens is 1. The number of hydrogen-bond acceptors (Lipinski definition) is 0. The second kappa shape index (κ2) is 5.89. The molecule has 0 saturated heterocycles. The van der Waals surface area contributed by atoms with Crippen molar-refractivity contribution in [1.82, 2.24) is 4.98 Å². The van der Waals surface area contributed by atoms with Crippen molar-refractivity contribution in [2.45, 2.75) is 13.3 Å². The van der Waals surface area contributed by atoms with Gasteiger partial charge in [-0.3, -0.25) is 0 Å². The van der Waals surface area contributed by atoms with E-state index in [0.29, 0.717) is 0 Å². The lowest BCUT2D eigenvalue weighted by atomic mass is 9.94. The maximum absolute atomic E-state index is 6.12. The Balaban J connectivity index is 1.75. The molecule has 0 unspecified atom stereocenters. The average molecular weight is 356 g/mol. The van der Waals surface area contributed by atoms with Gasteiger partial charge in [0.15, 0.2) is 0 Å². The summed E-state index contributed by atoms with van der Waals surface area (Å²) in [6.07, 6.45) is 0.911. The highest BCUT2D eigenvalue weighted by molar-refractivity contribution is 6.30. The number of aryl methyl sites for hydroxylation is 1. The molecule has 1 aromatic heterocycles. The van der Waals surface area contributed by atoms with Gasteiger partial charge in [-0.15, -0.1) is 0 Å². The number of para-hydroxylation sites is 1. The summed E-state index contributed by atoms with van der Waals surface area (Å²) in [7, 11) is 0. The predicted octanol–water partition coefficient (Wildman–Crippen LogP) is 7.03. The van der Waals surface area contributed by atoms with Crippen LogP contribution >= 0.6 is 11.6 Å². The van der Waals surface area contributed by atoms with Gasteiger partial charge in [0.25, 0.3) is 0 Å². The van der Waals surface area contributed by atoms with E-state index in [2.05, 4.69) is 72.6 Å². The topological polar surface area (TPSA) is 15.8 Å². The van der Waals surface area contributed by atoms with Gasteiger partial charge in [0.05, 0.1) is 0 Å². The van der Waals surface area contributed by atoms with Crippen LogP contribution in [0.5, 0.6) is 0 Å². The first-order valence-electron chi connectivity index (χ1n) is 8.87. The zero-order valence-corrected chi connectivity index (χ0v) is 15.3. The monoisotopic (exact) mass is 355 g/mol. The van der Waals surface area contributed by atoms with Crippen LogP contribution in [0.25, 0.3) is 32.6 Å². The van der Waals surface area contributed by atoms with Crippen LogP contribution in [0, 0.1) is 6.92 Å². The third-order valence-corrected chi connectivity index (χ3v) is 5.54. The van der Waals surface area contributed by atoms with Gasteiger partial charge in [0.2, 0.25) is 0 Å². The molecule has 0 aliphatic heterocycles. The Morgan fingerprint density at radius 2 is 1.58 bits per heavy atom. The molecular formula is C24H18ClN. The molecule has 0 bridgehead atoms. The lowest BCUT2D eigenvalue weighted by Gasteiger charge is -2.10. The summed E-state index contributed by atoms with van der Waals surface area (Å²) >= 11 is 6.12. The number of fused-ring (bicyclic) bond motifs is 5. The van der Waals surface area contributed by atoms with Crippen molar-refractivity contribution in [3.8, 4) is 0 Å². The van der Waals surface area contributed by atoms with Crippen molar-refractivity contribution in [1.29, 1.82) is 0 Å². The summed E-state index contributed by atoms with van der Waals surface area (Å²) < 4.78 is 0. The van der Waals surface area contributed by atoms with Crippen molar-refractivity contribution in [3.63, 3.8) is 0 Å². The Labute approximate surface area is 157 Å². The Bertz CT molecular complexity index is 1280. The first-order chi connectivity index (χ1) is 12.7. The molecular weight excluding hydrogens is 338 g/mol. The number of rotatable bonds is 2. The van der Waals surface area contributed by atoms with Crippen LogP contribution < -0.4 is 0 Å². The first kappa shape index (κ1) is 15.5. The standard InChI is InChI=1S/C24H18ClN/c1-15-13-18(25)10-9-16(15)14-17-5-4-7-20-19(17)11-12-23-24(20)21-6-2-3-8-22(21)26-23/h2-13,26H,14H2,1H3.